The summed E-state index contributed by atoms with van der Waals surface area (Å²) in [6, 6.07) is 30.9. The van der Waals surface area contributed by atoms with Crippen LogP contribution in [-0.4, -0.2) is 28.1 Å². The van der Waals surface area contributed by atoms with Crippen molar-refractivity contribution in [2.45, 2.75) is 12.1 Å². The Morgan fingerprint density at radius 3 is 1.93 bits per heavy atom. The predicted molar refractivity (Wildman–Crippen MR) is 213 cm³/mol. The first-order valence-corrected chi connectivity index (χ1v) is 17.8. The van der Waals surface area contributed by atoms with Gasteiger partial charge in [0.15, 0.2) is 5.75 Å². The third-order valence-corrected chi connectivity index (χ3v) is 9.62. The number of benzene rings is 6. The standard InChI is InChI=1S/C40H26Cl4N6O4/c41-23-9-15-31(43)33(19-23)47-49-35-27-7-3-1-5-21(27)17-29(37(35)51)39(53)45-25-11-13-26(14-12-25)46-40(54)30-18-22-6-2-4-8-28(22)36(38(30)52)50-48-34-20-24(42)10-16-32(34)44/h1-20,35,37,51-52H,(H,45,53)(H,46,54). The van der Waals surface area contributed by atoms with E-state index in [0.717, 1.165) is 0 Å². The Morgan fingerprint density at radius 1 is 0.648 bits per heavy atom. The summed E-state index contributed by atoms with van der Waals surface area (Å²) in [5.41, 5.74) is 2.87. The summed E-state index contributed by atoms with van der Waals surface area (Å²) in [5.74, 6) is -1.55. The predicted octanol–water partition coefficient (Wildman–Crippen LogP) is 12.0. The molecule has 1 aliphatic carbocycles. The number of aliphatic hydroxyl groups excluding tert-OH is 1. The van der Waals surface area contributed by atoms with Gasteiger partial charge in [-0.15, -0.1) is 10.2 Å². The summed E-state index contributed by atoms with van der Waals surface area (Å²) < 4.78 is 0. The number of nitrogens with one attached hydrogen (secondary N) is 2. The van der Waals surface area contributed by atoms with Crippen molar-refractivity contribution in [3.63, 3.8) is 0 Å². The molecule has 0 saturated carbocycles. The largest absolute Gasteiger partial charge is 0.505 e. The molecule has 2 amide bonds. The van der Waals surface area contributed by atoms with Gasteiger partial charge in [0, 0.05) is 32.4 Å². The van der Waals surface area contributed by atoms with Crippen LogP contribution in [0.5, 0.6) is 5.75 Å². The summed E-state index contributed by atoms with van der Waals surface area (Å²) in [6.07, 6.45) is 0.275. The Balaban J connectivity index is 1.09. The van der Waals surface area contributed by atoms with Gasteiger partial charge in [0.1, 0.15) is 29.2 Å². The number of hydrogen-bond acceptors (Lipinski definition) is 8. The molecular formula is C40H26Cl4N6O4. The number of carbonyl (C=O) groups is 2. The number of carbonyl (C=O) groups excluding carboxylic acids is 2. The van der Waals surface area contributed by atoms with Gasteiger partial charge in [-0.05, 0) is 89.3 Å². The van der Waals surface area contributed by atoms with Gasteiger partial charge in [0.25, 0.3) is 11.8 Å². The summed E-state index contributed by atoms with van der Waals surface area (Å²) in [6.45, 7) is 0. The molecule has 0 aromatic heterocycles. The van der Waals surface area contributed by atoms with Crippen molar-refractivity contribution in [3.05, 3.63) is 158 Å². The van der Waals surface area contributed by atoms with E-state index in [1.807, 2.05) is 18.2 Å². The number of azo groups is 2. The average Bonchev–Trinajstić information content (AvgIpc) is 3.16. The number of hydrogen-bond donors (Lipinski definition) is 4. The monoisotopic (exact) mass is 794 g/mol. The second-order valence-corrected chi connectivity index (χ2v) is 13.7. The third kappa shape index (κ3) is 7.84. The van der Waals surface area contributed by atoms with Crippen molar-refractivity contribution >= 4 is 104 Å². The molecule has 10 nitrogen and oxygen atoms in total. The maximum absolute atomic E-state index is 13.5. The highest BCUT2D eigenvalue weighted by molar-refractivity contribution is 6.35. The highest BCUT2D eigenvalue weighted by atomic mass is 35.5. The number of fused-ring (bicyclic) bond motifs is 2. The van der Waals surface area contributed by atoms with Crippen molar-refractivity contribution in [2.75, 3.05) is 10.6 Å². The van der Waals surface area contributed by atoms with Crippen LogP contribution in [0.25, 0.3) is 16.8 Å². The van der Waals surface area contributed by atoms with E-state index < -0.39 is 24.0 Å². The number of rotatable bonds is 8. The van der Waals surface area contributed by atoms with E-state index in [4.69, 9.17) is 46.4 Å². The van der Waals surface area contributed by atoms with Crippen molar-refractivity contribution < 1.29 is 19.8 Å². The molecular weight excluding hydrogens is 770 g/mol. The van der Waals surface area contributed by atoms with Crippen molar-refractivity contribution in [2.24, 2.45) is 20.5 Å². The number of halogens is 4. The molecule has 6 aromatic carbocycles. The Bertz CT molecular complexity index is 2540. The molecule has 7 rings (SSSR count). The zero-order chi connectivity index (χ0) is 37.9. The molecule has 2 atom stereocenters. The Morgan fingerprint density at radius 2 is 1.24 bits per heavy atom. The summed E-state index contributed by atoms with van der Waals surface area (Å²) in [7, 11) is 0. The SMILES string of the molecule is O=C(Nc1ccc(NC(=O)c2cc3ccccc3c(N=Nc3cc(Cl)ccc3Cl)c2O)cc1)C1=Cc2ccccc2C(N=Nc2cc(Cl)ccc2Cl)C1O. The minimum Gasteiger partial charge on any atom is -0.505 e. The molecule has 0 bridgehead atoms. The highest BCUT2D eigenvalue weighted by Gasteiger charge is 2.34. The molecule has 0 radical (unpaired) electrons. The van der Waals surface area contributed by atoms with Crippen LogP contribution < -0.4 is 10.6 Å². The molecule has 1 aliphatic rings. The summed E-state index contributed by atoms with van der Waals surface area (Å²) >= 11 is 24.7. The zero-order valence-electron chi connectivity index (χ0n) is 27.7. The topological polar surface area (TPSA) is 148 Å². The number of amides is 2. The molecule has 0 aliphatic heterocycles. The fraction of sp³-hybridized carbons (Fsp3) is 0.0500. The van der Waals surface area contributed by atoms with Gasteiger partial charge in [-0.1, -0.05) is 94.9 Å². The van der Waals surface area contributed by atoms with Gasteiger partial charge in [-0.25, -0.2) is 0 Å². The Kier molecular flexibility index (Phi) is 10.7. The number of anilines is 2. The van der Waals surface area contributed by atoms with Gasteiger partial charge < -0.3 is 20.8 Å². The van der Waals surface area contributed by atoms with Gasteiger partial charge in [0.05, 0.1) is 15.6 Å². The molecule has 268 valence electrons. The fourth-order valence-corrected chi connectivity index (χ4v) is 6.46. The lowest BCUT2D eigenvalue weighted by molar-refractivity contribution is -0.113. The molecule has 0 fully saturated rings. The van der Waals surface area contributed by atoms with Gasteiger partial charge >= 0.3 is 0 Å². The molecule has 0 saturated heterocycles. The van der Waals surface area contributed by atoms with E-state index in [1.54, 1.807) is 97.1 Å². The van der Waals surface area contributed by atoms with Gasteiger partial charge in [0.2, 0.25) is 0 Å². The van der Waals surface area contributed by atoms with Crippen LogP contribution >= 0.6 is 46.4 Å². The van der Waals surface area contributed by atoms with Crippen molar-refractivity contribution in [3.8, 4) is 5.75 Å². The lowest BCUT2D eigenvalue weighted by Crippen LogP contribution is -2.30. The number of aliphatic hydroxyl groups is 1. The number of phenols is 1. The van der Waals surface area contributed by atoms with Crippen molar-refractivity contribution in [1.29, 1.82) is 0 Å². The van der Waals surface area contributed by atoms with Crippen LogP contribution in [0.3, 0.4) is 0 Å². The lowest BCUT2D eigenvalue weighted by atomic mass is 9.86. The smallest absolute Gasteiger partial charge is 0.259 e. The molecule has 54 heavy (non-hydrogen) atoms. The quantitative estimate of drug-likeness (QED) is 0.113. The molecule has 4 N–H and O–H groups in total. The van der Waals surface area contributed by atoms with E-state index in [-0.39, 0.29) is 22.6 Å². The molecule has 14 heteroatoms. The Hall–Kier alpha value is -5.62. The van der Waals surface area contributed by atoms with E-state index in [0.29, 0.717) is 64.7 Å². The molecule has 6 aromatic rings. The number of aromatic hydroxyl groups is 1. The van der Waals surface area contributed by atoms with Crippen LogP contribution in [0.4, 0.5) is 28.4 Å². The fourth-order valence-electron chi connectivity index (χ4n) is 5.81. The summed E-state index contributed by atoms with van der Waals surface area (Å²) in [4.78, 5) is 27.0. The van der Waals surface area contributed by atoms with Crippen LogP contribution in [0.2, 0.25) is 20.1 Å². The second-order valence-electron chi connectivity index (χ2n) is 12.1. The summed E-state index contributed by atoms with van der Waals surface area (Å²) in [5, 5.41) is 47.9. The third-order valence-electron chi connectivity index (χ3n) is 8.51. The zero-order valence-corrected chi connectivity index (χ0v) is 30.7. The van der Waals surface area contributed by atoms with Crippen molar-refractivity contribution in [1.82, 2.24) is 0 Å². The van der Waals surface area contributed by atoms with E-state index >= 15 is 0 Å². The first-order valence-electron chi connectivity index (χ1n) is 16.2. The van der Waals surface area contributed by atoms with E-state index in [9.17, 15) is 19.8 Å². The minimum atomic E-state index is -1.33. The van der Waals surface area contributed by atoms with Crippen LogP contribution in [0.1, 0.15) is 27.5 Å². The maximum Gasteiger partial charge on any atom is 0.259 e. The normalized spacial score (nSPS) is 15.3. The molecule has 0 spiro atoms. The molecule has 2 unspecified atom stereocenters. The van der Waals surface area contributed by atoms with Gasteiger partial charge in [-0.2, -0.15) is 10.2 Å². The van der Waals surface area contributed by atoms with Crippen LogP contribution in [0, 0.1) is 0 Å². The lowest BCUT2D eigenvalue weighted by Gasteiger charge is -2.27. The van der Waals surface area contributed by atoms with Gasteiger partial charge in [-0.3, -0.25) is 9.59 Å². The molecule has 0 heterocycles. The second kappa shape index (κ2) is 15.8. The maximum atomic E-state index is 13.5. The first kappa shape index (κ1) is 36.7. The highest BCUT2D eigenvalue weighted by Crippen LogP contribution is 2.41. The minimum absolute atomic E-state index is 0.0416. The van der Waals surface area contributed by atoms with Crippen LogP contribution in [-0.2, 0) is 4.79 Å². The average molecular weight is 796 g/mol. The van der Waals surface area contributed by atoms with Crippen LogP contribution in [0.15, 0.2) is 141 Å². The number of phenolic OH excluding ortho intramolecular Hbond substituents is 1. The number of nitrogens with zero attached hydrogens (tertiary/aromatic N) is 4. The Labute approximate surface area is 328 Å². The van der Waals surface area contributed by atoms with E-state index in [2.05, 4.69) is 31.1 Å². The van der Waals surface area contributed by atoms with E-state index in [1.165, 1.54) is 6.07 Å². The first-order chi connectivity index (χ1) is 26.0.